The minimum Gasteiger partial charge on any atom is -0.496 e. The SMILES string of the molecule is CCOC(=O)N1CC(CI)c2c1ccc(OC)c2I. The fourth-order valence-electron chi connectivity index (χ4n) is 2.25. The molecular formula is C13H15I2NO3. The maximum atomic E-state index is 12.0. The van der Waals surface area contributed by atoms with Crippen LogP contribution in [0.5, 0.6) is 5.75 Å². The minimum atomic E-state index is -0.267. The molecule has 1 aliphatic heterocycles. The Hall–Kier alpha value is -0.250. The zero-order valence-electron chi connectivity index (χ0n) is 10.8. The summed E-state index contributed by atoms with van der Waals surface area (Å²) >= 11 is 4.65. The first-order valence-corrected chi connectivity index (χ1v) is 8.61. The number of methoxy groups -OCH3 is 1. The lowest BCUT2D eigenvalue weighted by Crippen LogP contribution is -2.30. The first kappa shape index (κ1) is 15.1. The van der Waals surface area contributed by atoms with Crippen LogP contribution in [0.2, 0.25) is 0 Å². The monoisotopic (exact) mass is 487 g/mol. The van der Waals surface area contributed by atoms with Gasteiger partial charge in [-0.05, 0) is 47.2 Å². The molecule has 0 N–H and O–H groups in total. The molecule has 1 heterocycles. The average molecular weight is 487 g/mol. The molecule has 1 unspecified atom stereocenters. The Morgan fingerprint density at radius 2 is 2.26 bits per heavy atom. The van der Waals surface area contributed by atoms with E-state index < -0.39 is 0 Å². The Kier molecular flexibility index (Phi) is 5.15. The largest absolute Gasteiger partial charge is 0.496 e. The van der Waals surface area contributed by atoms with Gasteiger partial charge in [0, 0.05) is 16.9 Å². The van der Waals surface area contributed by atoms with E-state index in [-0.39, 0.29) is 6.09 Å². The molecular weight excluding hydrogens is 472 g/mol. The number of alkyl halides is 1. The van der Waals surface area contributed by atoms with Gasteiger partial charge in [0.2, 0.25) is 0 Å². The molecule has 1 atom stereocenters. The second-order valence-corrected chi connectivity index (χ2v) is 6.13. The van der Waals surface area contributed by atoms with Crippen LogP contribution in [0, 0.1) is 3.57 Å². The zero-order chi connectivity index (χ0) is 14.0. The maximum Gasteiger partial charge on any atom is 0.414 e. The molecule has 0 saturated heterocycles. The van der Waals surface area contributed by atoms with E-state index in [9.17, 15) is 4.79 Å². The Bertz CT molecular complexity index is 493. The molecule has 0 aliphatic carbocycles. The number of rotatable bonds is 3. The van der Waals surface area contributed by atoms with Gasteiger partial charge < -0.3 is 9.47 Å². The standard InChI is InChI=1S/C13H15I2NO3/c1-3-19-13(17)16-7-8(6-14)11-9(16)4-5-10(18-2)12(11)15/h4-5,8H,3,6-7H2,1-2H3. The molecule has 1 aromatic rings. The number of fused-ring (bicyclic) bond motifs is 1. The summed E-state index contributed by atoms with van der Waals surface area (Å²) in [6.45, 7) is 2.90. The van der Waals surface area contributed by atoms with E-state index in [1.165, 1.54) is 5.56 Å². The van der Waals surface area contributed by atoms with E-state index in [4.69, 9.17) is 9.47 Å². The van der Waals surface area contributed by atoms with Gasteiger partial charge in [0.05, 0.1) is 23.0 Å². The third kappa shape index (κ3) is 2.79. The van der Waals surface area contributed by atoms with Gasteiger partial charge in [0.15, 0.2) is 0 Å². The van der Waals surface area contributed by atoms with Crippen molar-refractivity contribution in [2.45, 2.75) is 12.8 Å². The van der Waals surface area contributed by atoms with Crippen LogP contribution in [0.3, 0.4) is 0 Å². The van der Waals surface area contributed by atoms with Crippen molar-refractivity contribution in [1.29, 1.82) is 0 Å². The number of nitrogens with zero attached hydrogens (tertiary/aromatic N) is 1. The average Bonchev–Trinajstić information content (AvgIpc) is 2.79. The van der Waals surface area contributed by atoms with Gasteiger partial charge in [-0.1, -0.05) is 22.6 Å². The van der Waals surface area contributed by atoms with Crippen LogP contribution in [-0.4, -0.2) is 30.8 Å². The summed E-state index contributed by atoms with van der Waals surface area (Å²) in [6.07, 6.45) is -0.267. The molecule has 1 aliphatic rings. The van der Waals surface area contributed by atoms with E-state index in [2.05, 4.69) is 45.2 Å². The summed E-state index contributed by atoms with van der Waals surface area (Å²) in [7, 11) is 1.67. The molecule has 6 heteroatoms. The fourth-order valence-corrected chi connectivity index (χ4v) is 4.09. The fraction of sp³-hybridized carbons (Fsp3) is 0.462. The van der Waals surface area contributed by atoms with Gasteiger partial charge in [-0.25, -0.2) is 4.79 Å². The number of hydrogen-bond donors (Lipinski definition) is 0. The van der Waals surface area contributed by atoms with Crippen molar-refractivity contribution < 1.29 is 14.3 Å². The van der Waals surface area contributed by atoms with Crippen LogP contribution >= 0.6 is 45.2 Å². The first-order valence-electron chi connectivity index (χ1n) is 6.00. The van der Waals surface area contributed by atoms with Gasteiger partial charge in [0.25, 0.3) is 0 Å². The molecule has 0 spiro atoms. The van der Waals surface area contributed by atoms with Gasteiger partial charge in [-0.2, -0.15) is 0 Å². The summed E-state index contributed by atoms with van der Waals surface area (Å²) in [4.78, 5) is 13.7. The molecule has 0 saturated carbocycles. The predicted molar refractivity (Wildman–Crippen MR) is 91.7 cm³/mol. The van der Waals surface area contributed by atoms with Crippen molar-refractivity contribution >= 4 is 57.0 Å². The van der Waals surface area contributed by atoms with Crippen LogP contribution in [0.15, 0.2) is 12.1 Å². The molecule has 19 heavy (non-hydrogen) atoms. The van der Waals surface area contributed by atoms with Crippen molar-refractivity contribution in [2.24, 2.45) is 0 Å². The second kappa shape index (κ2) is 6.47. The minimum absolute atomic E-state index is 0.267. The normalized spacial score (nSPS) is 17.3. The molecule has 0 radical (unpaired) electrons. The number of carbonyl (C=O) groups excluding carboxylic acids is 1. The zero-order valence-corrected chi connectivity index (χ0v) is 15.1. The third-order valence-electron chi connectivity index (χ3n) is 3.12. The Morgan fingerprint density at radius 1 is 1.53 bits per heavy atom. The van der Waals surface area contributed by atoms with Crippen molar-refractivity contribution in [3.63, 3.8) is 0 Å². The number of anilines is 1. The second-order valence-electron chi connectivity index (χ2n) is 4.18. The van der Waals surface area contributed by atoms with E-state index in [1.54, 1.807) is 12.0 Å². The number of ether oxygens (including phenoxy) is 2. The van der Waals surface area contributed by atoms with Gasteiger partial charge in [-0.15, -0.1) is 0 Å². The highest BCUT2D eigenvalue weighted by molar-refractivity contribution is 14.1. The van der Waals surface area contributed by atoms with Crippen molar-refractivity contribution in [3.05, 3.63) is 21.3 Å². The molecule has 1 aromatic carbocycles. The smallest absolute Gasteiger partial charge is 0.414 e. The van der Waals surface area contributed by atoms with Gasteiger partial charge >= 0.3 is 6.09 Å². The summed E-state index contributed by atoms with van der Waals surface area (Å²) in [6, 6.07) is 3.85. The molecule has 0 aromatic heterocycles. The predicted octanol–water partition coefficient (Wildman–Crippen LogP) is 3.79. The highest BCUT2D eigenvalue weighted by Crippen LogP contribution is 2.43. The lowest BCUT2D eigenvalue weighted by molar-refractivity contribution is 0.160. The van der Waals surface area contributed by atoms with E-state index >= 15 is 0 Å². The quantitative estimate of drug-likeness (QED) is 0.482. The van der Waals surface area contributed by atoms with E-state index in [0.717, 1.165) is 19.4 Å². The molecule has 0 bridgehead atoms. The van der Waals surface area contributed by atoms with Crippen LogP contribution in [0.25, 0.3) is 0 Å². The Balaban J connectivity index is 2.44. The molecule has 1 amide bonds. The van der Waals surface area contributed by atoms with Crippen LogP contribution in [0.1, 0.15) is 18.4 Å². The Morgan fingerprint density at radius 3 is 2.84 bits per heavy atom. The molecule has 0 fully saturated rings. The lowest BCUT2D eigenvalue weighted by Gasteiger charge is -2.17. The first-order chi connectivity index (χ1) is 9.13. The lowest BCUT2D eigenvalue weighted by atomic mass is 10.0. The highest BCUT2D eigenvalue weighted by atomic mass is 127. The number of hydrogen-bond acceptors (Lipinski definition) is 3. The van der Waals surface area contributed by atoms with Crippen molar-refractivity contribution in [1.82, 2.24) is 0 Å². The summed E-state index contributed by atoms with van der Waals surface area (Å²) in [5.74, 6) is 1.20. The van der Waals surface area contributed by atoms with Crippen molar-refractivity contribution in [2.75, 3.05) is 29.6 Å². The summed E-state index contributed by atoms with van der Waals surface area (Å²) in [5.41, 5.74) is 2.15. The van der Waals surface area contributed by atoms with Gasteiger partial charge in [-0.3, -0.25) is 4.90 Å². The summed E-state index contributed by atoms with van der Waals surface area (Å²) in [5, 5.41) is 0. The molecule has 4 nitrogen and oxygen atoms in total. The van der Waals surface area contributed by atoms with Crippen LogP contribution in [-0.2, 0) is 4.74 Å². The topological polar surface area (TPSA) is 38.8 Å². The molecule has 2 rings (SSSR count). The van der Waals surface area contributed by atoms with Crippen LogP contribution in [0.4, 0.5) is 10.5 Å². The number of amides is 1. The van der Waals surface area contributed by atoms with E-state index in [0.29, 0.717) is 19.1 Å². The third-order valence-corrected chi connectivity index (χ3v) is 5.29. The van der Waals surface area contributed by atoms with Gasteiger partial charge in [0.1, 0.15) is 5.75 Å². The number of halogens is 2. The maximum absolute atomic E-state index is 12.0. The highest BCUT2D eigenvalue weighted by Gasteiger charge is 2.35. The Labute approximate surface area is 140 Å². The molecule has 104 valence electrons. The number of carbonyl (C=O) groups is 1. The van der Waals surface area contributed by atoms with E-state index in [1.807, 2.05) is 19.1 Å². The summed E-state index contributed by atoms with van der Waals surface area (Å²) < 4.78 is 12.5. The number of benzene rings is 1. The van der Waals surface area contributed by atoms with Crippen LogP contribution < -0.4 is 9.64 Å². The van der Waals surface area contributed by atoms with Crippen molar-refractivity contribution in [3.8, 4) is 5.75 Å².